The molecule has 1 saturated heterocycles. The number of nitrogens with zero attached hydrogens (tertiary/aromatic N) is 5. The number of hydrogen-bond acceptors (Lipinski definition) is 9. The van der Waals surface area contributed by atoms with Gasteiger partial charge in [0.25, 0.3) is 0 Å². The molecule has 254 valence electrons. The van der Waals surface area contributed by atoms with Gasteiger partial charge in [-0.05, 0) is 42.9 Å². The topological polar surface area (TPSA) is 144 Å². The van der Waals surface area contributed by atoms with Gasteiger partial charge in [0.05, 0.1) is 32.1 Å². The number of ether oxygens (including phenoxy) is 3. The zero-order valence-electron chi connectivity index (χ0n) is 27.3. The van der Waals surface area contributed by atoms with Crippen LogP contribution in [-0.4, -0.2) is 81.9 Å². The first kappa shape index (κ1) is 36.3. The lowest BCUT2D eigenvalue weighted by atomic mass is 9.84. The number of aliphatic carboxylic acids is 1. The molecule has 12 nitrogen and oxygen atoms in total. The number of halogens is 3. The lowest BCUT2D eigenvalue weighted by Crippen LogP contribution is -2.37. The van der Waals surface area contributed by atoms with Crippen molar-refractivity contribution in [1.29, 1.82) is 5.41 Å². The highest BCUT2D eigenvalue weighted by atomic mass is 19.4. The number of aromatic nitrogens is 4. The number of nitrogens with one attached hydrogen (secondary N) is 1. The smallest absolute Gasteiger partial charge is 0.490 e. The number of carboxylic acid groups (broad SMARTS) is 1. The summed E-state index contributed by atoms with van der Waals surface area (Å²) >= 11 is 0. The molecule has 0 bridgehead atoms. The van der Waals surface area contributed by atoms with E-state index in [0.29, 0.717) is 30.3 Å². The average molecular weight is 653 g/mol. The summed E-state index contributed by atoms with van der Waals surface area (Å²) in [5.41, 5.74) is 3.63. The number of benzene rings is 1. The van der Waals surface area contributed by atoms with Crippen molar-refractivity contribution in [2.24, 2.45) is 0 Å². The average Bonchev–Trinajstić information content (AvgIpc) is 3.31. The van der Waals surface area contributed by atoms with Crippen molar-refractivity contribution >= 4 is 23.1 Å². The molecule has 1 fully saturated rings. The van der Waals surface area contributed by atoms with Crippen LogP contribution < -0.4 is 20.0 Å². The van der Waals surface area contributed by atoms with Crippen molar-refractivity contribution in [3.05, 3.63) is 40.5 Å². The Labute approximate surface area is 265 Å². The molecule has 1 aliphatic heterocycles. The fraction of sp³-hybridized carbons (Fsp3) is 0.581. The van der Waals surface area contributed by atoms with E-state index in [1.807, 2.05) is 25.1 Å². The Morgan fingerprint density at radius 3 is 2.17 bits per heavy atom. The van der Waals surface area contributed by atoms with E-state index in [1.54, 1.807) is 7.11 Å². The van der Waals surface area contributed by atoms with Crippen LogP contribution in [0.5, 0.6) is 11.6 Å². The van der Waals surface area contributed by atoms with Crippen LogP contribution >= 0.6 is 0 Å². The second kappa shape index (κ2) is 15.0. The van der Waals surface area contributed by atoms with Gasteiger partial charge < -0.3 is 24.2 Å². The zero-order chi connectivity index (χ0) is 34.4. The Kier molecular flexibility index (Phi) is 11.8. The van der Waals surface area contributed by atoms with Crippen molar-refractivity contribution in [3.8, 4) is 11.6 Å². The Morgan fingerprint density at radius 1 is 1.07 bits per heavy atom. The largest absolute Gasteiger partial charge is 0.494 e. The number of aryl methyl sites for hydroxylation is 1. The van der Waals surface area contributed by atoms with Gasteiger partial charge >= 0.3 is 12.1 Å². The molecule has 15 heteroatoms. The standard InChI is InChI=1S/C29H42N6O4.C2HF3O2/c1-8-19-17-25-31-34(28(30)35(25)32-27(19)39-21(9-2)10-3)18-24(36)20-15-22(29(4,5)6)26(37-7)23(16-20)33-11-13-38-14-12-33;3-2(4,5)1(6)7/h15-17,21,30H,8-14,18H2,1-7H3;(H,6,7). The minimum atomic E-state index is -5.08. The van der Waals surface area contributed by atoms with E-state index in [1.165, 1.54) is 9.20 Å². The van der Waals surface area contributed by atoms with Crippen molar-refractivity contribution in [1.82, 2.24) is 19.4 Å². The lowest BCUT2D eigenvalue weighted by molar-refractivity contribution is -0.192. The number of carbonyl (C=O) groups excluding carboxylic acids is 1. The maximum Gasteiger partial charge on any atom is 0.490 e. The minimum absolute atomic E-state index is 0.0216. The third-order valence-electron chi connectivity index (χ3n) is 7.52. The molecule has 2 N–H and O–H groups in total. The molecule has 2 aromatic heterocycles. The first-order valence-electron chi connectivity index (χ1n) is 15.1. The number of Topliss-reactive ketones (excluding diaryl/α,β-unsaturated/α-hetero) is 1. The second-order valence-corrected chi connectivity index (χ2v) is 11.8. The molecule has 0 spiro atoms. The van der Waals surface area contributed by atoms with Crippen LogP contribution in [0.1, 0.15) is 75.9 Å². The van der Waals surface area contributed by atoms with E-state index in [9.17, 15) is 18.0 Å². The van der Waals surface area contributed by atoms with Gasteiger partial charge in [0.2, 0.25) is 11.5 Å². The first-order valence-corrected chi connectivity index (χ1v) is 15.1. The third-order valence-corrected chi connectivity index (χ3v) is 7.52. The molecule has 3 aromatic rings. The molecule has 0 atom stereocenters. The number of alkyl halides is 3. The fourth-order valence-corrected chi connectivity index (χ4v) is 4.88. The van der Waals surface area contributed by atoms with Gasteiger partial charge in [-0.3, -0.25) is 10.2 Å². The van der Waals surface area contributed by atoms with E-state index in [-0.39, 0.29) is 29.5 Å². The highest BCUT2D eigenvalue weighted by Gasteiger charge is 2.38. The summed E-state index contributed by atoms with van der Waals surface area (Å²) in [6, 6.07) is 5.71. The summed E-state index contributed by atoms with van der Waals surface area (Å²) in [5, 5.41) is 25.0. The van der Waals surface area contributed by atoms with Crippen LogP contribution in [0.2, 0.25) is 0 Å². The van der Waals surface area contributed by atoms with E-state index in [0.717, 1.165) is 54.9 Å². The molecule has 0 amide bonds. The van der Waals surface area contributed by atoms with Gasteiger partial charge in [-0.15, -0.1) is 10.2 Å². The number of carbonyl (C=O) groups is 2. The van der Waals surface area contributed by atoms with Crippen LogP contribution in [0.25, 0.3) is 5.65 Å². The quantitative estimate of drug-likeness (QED) is 0.295. The van der Waals surface area contributed by atoms with E-state index >= 15 is 0 Å². The highest BCUT2D eigenvalue weighted by molar-refractivity contribution is 5.97. The molecule has 0 unspecified atom stereocenters. The molecule has 1 aliphatic rings. The maximum absolute atomic E-state index is 13.7. The minimum Gasteiger partial charge on any atom is -0.494 e. The number of rotatable bonds is 10. The maximum atomic E-state index is 13.7. The van der Waals surface area contributed by atoms with Crippen LogP contribution in [0.15, 0.2) is 18.2 Å². The van der Waals surface area contributed by atoms with Crippen LogP contribution in [0.4, 0.5) is 18.9 Å². The first-order chi connectivity index (χ1) is 21.5. The van der Waals surface area contributed by atoms with Gasteiger partial charge in [-0.1, -0.05) is 41.5 Å². The number of anilines is 1. The Balaban J connectivity index is 0.000000738. The molecule has 4 rings (SSSR count). The Bertz CT molecular complexity index is 1580. The number of ketones is 1. The molecule has 1 aromatic carbocycles. The van der Waals surface area contributed by atoms with Gasteiger partial charge in [0, 0.05) is 29.8 Å². The molecule has 46 heavy (non-hydrogen) atoms. The molecule has 0 radical (unpaired) electrons. The lowest BCUT2D eigenvalue weighted by Gasteiger charge is -2.33. The van der Waals surface area contributed by atoms with Crippen molar-refractivity contribution in [2.75, 3.05) is 38.3 Å². The summed E-state index contributed by atoms with van der Waals surface area (Å²) in [6.45, 7) is 15.2. The number of hydrogen-bond donors (Lipinski definition) is 2. The van der Waals surface area contributed by atoms with E-state index in [2.05, 4.69) is 49.7 Å². The summed E-state index contributed by atoms with van der Waals surface area (Å²) < 4.78 is 52.2. The van der Waals surface area contributed by atoms with Crippen molar-refractivity contribution in [3.63, 3.8) is 0 Å². The van der Waals surface area contributed by atoms with E-state index < -0.39 is 12.1 Å². The highest BCUT2D eigenvalue weighted by Crippen LogP contribution is 2.40. The number of fused-ring (bicyclic) bond motifs is 1. The SMILES string of the molecule is CCc1cc2nn(CC(=O)c3cc(N4CCOCC4)c(OC)c(C(C)(C)C)c3)c(=N)n2nc1OC(CC)CC.O=C(O)C(F)(F)F. The summed E-state index contributed by atoms with van der Waals surface area (Å²) in [6.07, 6.45) is -2.56. The number of methoxy groups -OCH3 is 1. The van der Waals surface area contributed by atoms with E-state index in [4.69, 9.17) is 29.5 Å². The van der Waals surface area contributed by atoms with Crippen LogP contribution in [-0.2, 0) is 27.9 Å². The Morgan fingerprint density at radius 2 is 1.67 bits per heavy atom. The van der Waals surface area contributed by atoms with Crippen LogP contribution in [0, 0.1) is 5.41 Å². The molecular formula is C31H43F3N6O6. The second-order valence-electron chi connectivity index (χ2n) is 11.8. The predicted octanol–water partition coefficient (Wildman–Crippen LogP) is 4.80. The monoisotopic (exact) mass is 652 g/mol. The van der Waals surface area contributed by atoms with Gasteiger partial charge in [0.15, 0.2) is 11.4 Å². The number of morpholine rings is 1. The summed E-state index contributed by atoms with van der Waals surface area (Å²) in [4.78, 5) is 24.8. The molecule has 0 aliphatic carbocycles. The van der Waals surface area contributed by atoms with Crippen LogP contribution in [0.3, 0.4) is 0 Å². The van der Waals surface area contributed by atoms with Gasteiger partial charge in [-0.25, -0.2) is 9.48 Å². The molecular weight excluding hydrogens is 609 g/mol. The summed E-state index contributed by atoms with van der Waals surface area (Å²) in [7, 11) is 1.67. The normalized spacial score (nSPS) is 13.8. The van der Waals surface area contributed by atoms with Crippen molar-refractivity contribution in [2.45, 2.75) is 85.0 Å². The van der Waals surface area contributed by atoms with Gasteiger partial charge in [-0.2, -0.15) is 17.7 Å². The van der Waals surface area contributed by atoms with Crippen molar-refractivity contribution < 1.29 is 42.1 Å². The zero-order valence-corrected chi connectivity index (χ0v) is 27.3. The fourth-order valence-electron chi connectivity index (χ4n) is 4.88. The molecule has 0 saturated carbocycles. The third kappa shape index (κ3) is 8.56. The summed E-state index contributed by atoms with van der Waals surface area (Å²) in [5.74, 6) is -1.59. The molecule has 3 heterocycles. The Hall–Kier alpha value is -4.14. The predicted molar refractivity (Wildman–Crippen MR) is 164 cm³/mol. The number of carboxylic acids is 1. The van der Waals surface area contributed by atoms with Gasteiger partial charge in [0.1, 0.15) is 12.3 Å².